The lowest BCUT2D eigenvalue weighted by atomic mass is 10.1. The molecule has 5 nitrogen and oxygen atoms in total. The van der Waals surface area contributed by atoms with Crippen molar-refractivity contribution in [2.75, 3.05) is 19.7 Å². The molecule has 1 heterocycles. The molecule has 2 aromatic carbocycles. The van der Waals surface area contributed by atoms with Crippen molar-refractivity contribution in [3.63, 3.8) is 0 Å². The summed E-state index contributed by atoms with van der Waals surface area (Å²) >= 11 is 0. The number of aliphatic hydroxyl groups is 1. The average Bonchev–Trinajstić information content (AvgIpc) is 3.16. The van der Waals surface area contributed by atoms with E-state index in [4.69, 9.17) is 4.52 Å². The predicted octanol–water partition coefficient (Wildman–Crippen LogP) is 3.02. The van der Waals surface area contributed by atoms with E-state index in [1.807, 2.05) is 60.7 Å². The number of hydrogen-bond donors (Lipinski definition) is 1. The molecule has 0 bridgehead atoms. The highest BCUT2D eigenvalue weighted by atomic mass is 16.5. The molecule has 1 N–H and O–H groups in total. The Kier molecular flexibility index (Phi) is 5.59. The van der Waals surface area contributed by atoms with Crippen LogP contribution in [-0.2, 0) is 6.42 Å². The van der Waals surface area contributed by atoms with Crippen LogP contribution in [0.2, 0.25) is 0 Å². The van der Waals surface area contributed by atoms with E-state index in [1.165, 1.54) is 0 Å². The highest BCUT2D eigenvalue weighted by Gasteiger charge is 2.20. The number of rotatable bonds is 7. The third-order valence-corrected chi connectivity index (χ3v) is 3.96. The zero-order valence-corrected chi connectivity index (χ0v) is 13.8. The maximum atomic E-state index is 12.7. The number of aromatic nitrogens is 1. The fourth-order valence-corrected chi connectivity index (χ4v) is 2.62. The summed E-state index contributed by atoms with van der Waals surface area (Å²) in [4.78, 5) is 14.3. The van der Waals surface area contributed by atoms with Crippen molar-refractivity contribution in [1.82, 2.24) is 10.1 Å². The van der Waals surface area contributed by atoms with Gasteiger partial charge in [-0.05, 0) is 12.0 Å². The molecule has 0 unspecified atom stereocenters. The number of carbonyl (C=O) groups is 1. The Hall–Kier alpha value is -2.92. The van der Waals surface area contributed by atoms with Gasteiger partial charge in [0.1, 0.15) is 0 Å². The summed E-state index contributed by atoms with van der Waals surface area (Å²) in [5, 5.41) is 13.2. The minimum Gasteiger partial charge on any atom is -0.395 e. The fraction of sp³-hybridized carbons (Fsp3) is 0.200. The van der Waals surface area contributed by atoms with E-state index >= 15 is 0 Å². The van der Waals surface area contributed by atoms with Crippen molar-refractivity contribution in [3.8, 4) is 11.3 Å². The van der Waals surface area contributed by atoms with E-state index in [0.717, 1.165) is 17.5 Å². The number of carbonyl (C=O) groups excluding carboxylic acids is 1. The van der Waals surface area contributed by atoms with Crippen molar-refractivity contribution < 1.29 is 14.4 Å². The largest absolute Gasteiger partial charge is 0.395 e. The Morgan fingerprint density at radius 1 is 1.00 bits per heavy atom. The molecule has 0 aliphatic rings. The predicted molar refractivity (Wildman–Crippen MR) is 95.1 cm³/mol. The minimum absolute atomic E-state index is 0.0933. The van der Waals surface area contributed by atoms with Gasteiger partial charge >= 0.3 is 0 Å². The Balaban J connectivity index is 1.71. The molecule has 1 amide bonds. The van der Waals surface area contributed by atoms with Gasteiger partial charge in [0.05, 0.1) is 6.61 Å². The van der Waals surface area contributed by atoms with Crippen LogP contribution in [0.25, 0.3) is 11.3 Å². The molecule has 0 atom stereocenters. The molecule has 0 aliphatic heterocycles. The molecular weight excluding hydrogens is 316 g/mol. The summed E-state index contributed by atoms with van der Waals surface area (Å²) in [5.74, 6) is 0.312. The first-order chi connectivity index (χ1) is 12.3. The van der Waals surface area contributed by atoms with Gasteiger partial charge in [0, 0.05) is 24.7 Å². The van der Waals surface area contributed by atoms with Crippen LogP contribution in [0.5, 0.6) is 0 Å². The number of benzene rings is 2. The summed E-state index contributed by atoms with van der Waals surface area (Å²) in [6.45, 7) is 0.681. The molecule has 0 aliphatic carbocycles. The molecule has 5 heteroatoms. The smallest absolute Gasteiger partial charge is 0.276 e. The minimum atomic E-state index is -0.240. The van der Waals surface area contributed by atoms with Crippen molar-refractivity contribution in [3.05, 3.63) is 78.0 Å². The summed E-state index contributed by atoms with van der Waals surface area (Å²) in [7, 11) is 0. The van der Waals surface area contributed by atoms with Gasteiger partial charge in [-0.15, -0.1) is 0 Å². The first kappa shape index (κ1) is 16.9. The molecule has 0 spiro atoms. The Bertz CT molecular complexity index is 800. The van der Waals surface area contributed by atoms with Gasteiger partial charge in [-0.3, -0.25) is 4.79 Å². The summed E-state index contributed by atoms with van der Waals surface area (Å²) < 4.78 is 5.30. The Morgan fingerprint density at radius 3 is 2.36 bits per heavy atom. The van der Waals surface area contributed by atoms with E-state index in [0.29, 0.717) is 12.3 Å². The fourth-order valence-electron chi connectivity index (χ4n) is 2.62. The van der Waals surface area contributed by atoms with Gasteiger partial charge in [-0.2, -0.15) is 0 Å². The topological polar surface area (TPSA) is 66.6 Å². The van der Waals surface area contributed by atoms with Crippen molar-refractivity contribution in [2.24, 2.45) is 0 Å². The van der Waals surface area contributed by atoms with E-state index in [2.05, 4.69) is 5.16 Å². The van der Waals surface area contributed by atoms with Crippen LogP contribution in [0.3, 0.4) is 0 Å². The van der Waals surface area contributed by atoms with Crippen LogP contribution in [-0.4, -0.2) is 40.8 Å². The van der Waals surface area contributed by atoms with Gasteiger partial charge in [-0.1, -0.05) is 65.8 Å². The highest BCUT2D eigenvalue weighted by molar-refractivity contribution is 5.93. The highest BCUT2D eigenvalue weighted by Crippen LogP contribution is 2.20. The van der Waals surface area contributed by atoms with Crippen LogP contribution >= 0.6 is 0 Å². The maximum Gasteiger partial charge on any atom is 0.276 e. The molecular formula is C20H20N2O3. The molecule has 0 saturated heterocycles. The van der Waals surface area contributed by atoms with Gasteiger partial charge in [0.2, 0.25) is 0 Å². The number of nitrogens with zero attached hydrogens (tertiary/aromatic N) is 2. The normalized spacial score (nSPS) is 10.6. The monoisotopic (exact) mass is 336 g/mol. The van der Waals surface area contributed by atoms with Crippen LogP contribution in [0.15, 0.2) is 71.3 Å². The van der Waals surface area contributed by atoms with Gasteiger partial charge in [-0.25, -0.2) is 0 Å². The van der Waals surface area contributed by atoms with Gasteiger partial charge < -0.3 is 14.5 Å². The number of amides is 1. The zero-order chi connectivity index (χ0) is 17.5. The van der Waals surface area contributed by atoms with E-state index in [-0.39, 0.29) is 24.8 Å². The van der Waals surface area contributed by atoms with E-state index in [9.17, 15) is 9.90 Å². The first-order valence-electron chi connectivity index (χ1n) is 8.24. The summed E-state index contributed by atoms with van der Waals surface area (Å²) in [6, 6.07) is 21.1. The van der Waals surface area contributed by atoms with Crippen molar-refractivity contribution in [1.29, 1.82) is 0 Å². The van der Waals surface area contributed by atoms with Crippen molar-refractivity contribution in [2.45, 2.75) is 6.42 Å². The molecule has 1 aromatic heterocycles. The molecule has 3 aromatic rings. The zero-order valence-electron chi connectivity index (χ0n) is 13.8. The number of aliphatic hydroxyl groups excluding tert-OH is 1. The molecule has 0 fully saturated rings. The molecule has 0 radical (unpaired) electrons. The second-order valence-corrected chi connectivity index (χ2v) is 5.69. The molecule has 25 heavy (non-hydrogen) atoms. The van der Waals surface area contributed by atoms with Crippen LogP contribution < -0.4 is 0 Å². The standard InChI is InChI=1S/C20H20N2O3/c23-14-13-22(12-11-16-7-3-1-4-8-16)20(24)18-15-19(25-21-18)17-9-5-2-6-10-17/h1-10,15,23H,11-14H2. The summed E-state index contributed by atoms with van der Waals surface area (Å²) in [6.07, 6.45) is 0.718. The summed E-state index contributed by atoms with van der Waals surface area (Å²) in [5.41, 5.74) is 2.26. The van der Waals surface area contributed by atoms with Crippen LogP contribution in [0.4, 0.5) is 0 Å². The molecule has 0 saturated carbocycles. The van der Waals surface area contributed by atoms with E-state index < -0.39 is 0 Å². The lowest BCUT2D eigenvalue weighted by molar-refractivity contribution is 0.0713. The van der Waals surface area contributed by atoms with Crippen molar-refractivity contribution >= 4 is 5.91 Å². The quantitative estimate of drug-likeness (QED) is 0.720. The van der Waals surface area contributed by atoms with E-state index in [1.54, 1.807) is 11.0 Å². The van der Waals surface area contributed by atoms with Gasteiger partial charge in [0.25, 0.3) is 5.91 Å². The molecule has 3 rings (SSSR count). The Morgan fingerprint density at radius 2 is 1.68 bits per heavy atom. The second-order valence-electron chi connectivity index (χ2n) is 5.69. The van der Waals surface area contributed by atoms with Crippen LogP contribution in [0, 0.1) is 0 Å². The van der Waals surface area contributed by atoms with Crippen LogP contribution in [0.1, 0.15) is 16.1 Å². The number of hydrogen-bond acceptors (Lipinski definition) is 4. The van der Waals surface area contributed by atoms with Gasteiger partial charge in [0.15, 0.2) is 11.5 Å². The first-order valence-corrected chi connectivity index (χ1v) is 8.24. The lowest BCUT2D eigenvalue weighted by Gasteiger charge is -2.20. The SMILES string of the molecule is O=C(c1cc(-c2ccccc2)on1)N(CCO)CCc1ccccc1. The third kappa shape index (κ3) is 4.33. The third-order valence-electron chi connectivity index (χ3n) is 3.96. The lowest BCUT2D eigenvalue weighted by Crippen LogP contribution is -2.35. The average molecular weight is 336 g/mol. The second kappa shape index (κ2) is 8.26. The maximum absolute atomic E-state index is 12.7. The Labute approximate surface area is 146 Å². The molecule has 128 valence electrons.